The molecule has 0 aliphatic heterocycles. The summed E-state index contributed by atoms with van der Waals surface area (Å²) in [6, 6.07) is 1.73. The van der Waals surface area contributed by atoms with Crippen LogP contribution in [0, 0.1) is 5.92 Å². The van der Waals surface area contributed by atoms with Gasteiger partial charge in [0, 0.05) is 17.6 Å². The fraction of sp³-hybridized carbons (Fsp3) is 0.500. The van der Waals surface area contributed by atoms with Gasteiger partial charge in [-0.15, -0.1) is 11.3 Å². The van der Waals surface area contributed by atoms with Gasteiger partial charge in [-0.05, 0) is 38.2 Å². The monoisotopic (exact) mass is 290 g/mol. The minimum absolute atomic E-state index is 0.136. The number of carbonyl (C=O) groups is 1. The van der Waals surface area contributed by atoms with E-state index in [0.29, 0.717) is 23.3 Å². The lowest BCUT2D eigenvalue weighted by molar-refractivity contribution is 0.101. The van der Waals surface area contributed by atoms with Crippen LogP contribution in [0.1, 0.15) is 41.3 Å². The van der Waals surface area contributed by atoms with Crippen LogP contribution in [0.5, 0.6) is 0 Å². The molecule has 0 saturated heterocycles. The van der Waals surface area contributed by atoms with Gasteiger partial charge >= 0.3 is 0 Å². The van der Waals surface area contributed by atoms with Gasteiger partial charge in [0.1, 0.15) is 5.69 Å². The standard InChI is InChI=1S/C14H18N4OS/c1-3-18-11(6-7-15-18)13(19)17-14-16-10-5-4-9(2)8-12(10)20-14/h6-7,9H,3-5,8H2,1-2H3,(H,16,17,19). The van der Waals surface area contributed by atoms with Crippen molar-refractivity contribution in [2.24, 2.45) is 5.92 Å². The Balaban J connectivity index is 1.77. The average molecular weight is 290 g/mol. The first-order chi connectivity index (χ1) is 9.67. The van der Waals surface area contributed by atoms with Crippen molar-refractivity contribution in [3.63, 3.8) is 0 Å². The first-order valence-electron chi connectivity index (χ1n) is 6.99. The zero-order valence-corrected chi connectivity index (χ0v) is 12.5. The van der Waals surface area contributed by atoms with Crippen molar-refractivity contribution in [1.29, 1.82) is 0 Å². The molecule has 20 heavy (non-hydrogen) atoms. The second-order valence-electron chi connectivity index (χ2n) is 5.22. The molecule has 0 saturated carbocycles. The topological polar surface area (TPSA) is 59.8 Å². The zero-order valence-electron chi connectivity index (χ0n) is 11.7. The molecule has 2 aromatic heterocycles. The molecule has 0 spiro atoms. The Hall–Kier alpha value is -1.69. The van der Waals surface area contributed by atoms with Crippen LogP contribution in [0.4, 0.5) is 5.13 Å². The minimum atomic E-state index is -0.136. The molecule has 5 nitrogen and oxygen atoms in total. The Kier molecular flexibility index (Phi) is 3.56. The number of amides is 1. The van der Waals surface area contributed by atoms with Gasteiger partial charge in [0.05, 0.1) is 5.69 Å². The van der Waals surface area contributed by atoms with Gasteiger partial charge in [-0.1, -0.05) is 6.92 Å². The summed E-state index contributed by atoms with van der Waals surface area (Å²) in [6.07, 6.45) is 4.94. The summed E-state index contributed by atoms with van der Waals surface area (Å²) in [6.45, 7) is 4.91. The number of hydrogen-bond donors (Lipinski definition) is 1. The molecular weight excluding hydrogens is 272 g/mol. The third kappa shape index (κ3) is 2.47. The Labute approximate surface area is 122 Å². The number of rotatable bonds is 3. The first kappa shape index (κ1) is 13.3. The van der Waals surface area contributed by atoms with Crippen molar-refractivity contribution >= 4 is 22.4 Å². The normalized spacial score (nSPS) is 17.8. The summed E-state index contributed by atoms with van der Waals surface area (Å²) in [5.41, 5.74) is 1.74. The molecule has 2 heterocycles. The molecule has 3 rings (SSSR count). The van der Waals surface area contributed by atoms with E-state index in [0.717, 1.165) is 18.5 Å². The van der Waals surface area contributed by atoms with Gasteiger partial charge in [0.25, 0.3) is 5.91 Å². The van der Waals surface area contributed by atoms with E-state index in [1.165, 1.54) is 11.3 Å². The van der Waals surface area contributed by atoms with Gasteiger partial charge < -0.3 is 0 Å². The van der Waals surface area contributed by atoms with Gasteiger partial charge in [-0.25, -0.2) is 4.98 Å². The first-order valence-corrected chi connectivity index (χ1v) is 7.80. The molecule has 1 N–H and O–H groups in total. The van der Waals surface area contributed by atoms with Crippen molar-refractivity contribution in [2.45, 2.75) is 39.7 Å². The highest BCUT2D eigenvalue weighted by Gasteiger charge is 2.21. The molecular formula is C14H18N4OS. The lowest BCUT2D eigenvalue weighted by Gasteiger charge is -2.15. The molecule has 6 heteroatoms. The van der Waals surface area contributed by atoms with E-state index in [-0.39, 0.29) is 5.91 Å². The number of aromatic nitrogens is 3. The van der Waals surface area contributed by atoms with Gasteiger partial charge in [-0.2, -0.15) is 5.10 Å². The van der Waals surface area contributed by atoms with E-state index in [2.05, 4.69) is 22.3 Å². The quantitative estimate of drug-likeness (QED) is 0.945. The third-order valence-electron chi connectivity index (χ3n) is 3.66. The highest BCUT2D eigenvalue weighted by molar-refractivity contribution is 7.15. The van der Waals surface area contributed by atoms with E-state index in [1.807, 2.05) is 6.92 Å². The van der Waals surface area contributed by atoms with Crippen LogP contribution in [-0.2, 0) is 19.4 Å². The lowest BCUT2D eigenvalue weighted by Crippen LogP contribution is -2.17. The number of nitrogens with one attached hydrogen (secondary N) is 1. The number of nitrogens with zero attached hydrogens (tertiary/aromatic N) is 3. The van der Waals surface area contributed by atoms with Crippen LogP contribution in [0.15, 0.2) is 12.3 Å². The van der Waals surface area contributed by atoms with Crippen LogP contribution < -0.4 is 5.32 Å². The van der Waals surface area contributed by atoms with Crippen molar-refractivity contribution in [3.8, 4) is 0 Å². The number of hydrogen-bond acceptors (Lipinski definition) is 4. The molecule has 1 aliphatic rings. The summed E-state index contributed by atoms with van der Waals surface area (Å²) in [4.78, 5) is 18.1. The number of anilines is 1. The van der Waals surface area contributed by atoms with Gasteiger partial charge in [0.2, 0.25) is 0 Å². The molecule has 1 aliphatic carbocycles. The van der Waals surface area contributed by atoms with E-state index in [4.69, 9.17) is 0 Å². The van der Waals surface area contributed by atoms with Crippen molar-refractivity contribution in [2.75, 3.05) is 5.32 Å². The molecule has 0 aromatic carbocycles. The van der Waals surface area contributed by atoms with E-state index in [9.17, 15) is 4.79 Å². The van der Waals surface area contributed by atoms with Crippen molar-refractivity contribution < 1.29 is 4.79 Å². The van der Waals surface area contributed by atoms with Gasteiger partial charge in [0.15, 0.2) is 5.13 Å². The molecule has 0 bridgehead atoms. The van der Waals surface area contributed by atoms with E-state index < -0.39 is 0 Å². The maximum atomic E-state index is 12.2. The maximum Gasteiger partial charge on any atom is 0.275 e. The van der Waals surface area contributed by atoms with Gasteiger partial charge in [-0.3, -0.25) is 14.8 Å². The molecule has 1 amide bonds. The Morgan fingerprint density at radius 1 is 1.60 bits per heavy atom. The summed E-state index contributed by atoms with van der Waals surface area (Å²) >= 11 is 1.61. The second kappa shape index (κ2) is 5.36. The predicted octanol–water partition coefficient (Wildman–Crippen LogP) is 2.74. The number of carbonyl (C=O) groups excluding carboxylic acids is 1. The second-order valence-corrected chi connectivity index (χ2v) is 6.31. The summed E-state index contributed by atoms with van der Waals surface area (Å²) in [5.74, 6) is 0.580. The smallest absolute Gasteiger partial charge is 0.275 e. The molecule has 2 aromatic rings. The Morgan fingerprint density at radius 2 is 2.45 bits per heavy atom. The minimum Gasteiger partial charge on any atom is -0.296 e. The molecule has 106 valence electrons. The van der Waals surface area contributed by atoms with Crippen LogP contribution >= 0.6 is 11.3 Å². The van der Waals surface area contributed by atoms with E-state index in [1.54, 1.807) is 28.3 Å². The lowest BCUT2D eigenvalue weighted by atomic mass is 9.93. The fourth-order valence-electron chi connectivity index (χ4n) is 2.53. The maximum absolute atomic E-state index is 12.2. The Morgan fingerprint density at radius 3 is 3.25 bits per heavy atom. The van der Waals surface area contributed by atoms with Crippen molar-refractivity contribution in [3.05, 3.63) is 28.5 Å². The molecule has 0 radical (unpaired) electrons. The highest BCUT2D eigenvalue weighted by atomic mass is 32.1. The van der Waals surface area contributed by atoms with E-state index >= 15 is 0 Å². The highest BCUT2D eigenvalue weighted by Crippen LogP contribution is 2.32. The van der Waals surface area contributed by atoms with Crippen LogP contribution in [0.2, 0.25) is 0 Å². The summed E-state index contributed by atoms with van der Waals surface area (Å²) in [7, 11) is 0. The molecule has 1 unspecified atom stereocenters. The SMILES string of the molecule is CCn1nccc1C(=O)Nc1nc2c(s1)CC(C)CC2. The number of fused-ring (bicyclic) bond motifs is 1. The average Bonchev–Trinajstić information content (AvgIpc) is 3.03. The zero-order chi connectivity index (χ0) is 14.1. The third-order valence-corrected chi connectivity index (χ3v) is 4.69. The van der Waals surface area contributed by atoms with Crippen LogP contribution in [0.3, 0.4) is 0 Å². The van der Waals surface area contributed by atoms with Crippen molar-refractivity contribution in [1.82, 2.24) is 14.8 Å². The number of thiazole rings is 1. The number of aryl methyl sites for hydroxylation is 2. The van der Waals surface area contributed by atoms with Crippen LogP contribution in [-0.4, -0.2) is 20.7 Å². The molecule has 1 atom stereocenters. The molecule has 0 fully saturated rings. The summed E-state index contributed by atoms with van der Waals surface area (Å²) < 4.78 is 1.69. The fourth-order valence-corrected chi connectivity index (χ4v) is 3.70. The Bertz CT molecular complexity index is 631. The summed E-state index contributed by atoms with van der Waals surface area (Å²) in [5, 5.41) is 7.72. The van der Waals surface area contributed by atoms with Crippen LogP contribution in [0.25, 0.3) is 0 Å². The predicted molar refractivity (Wildman–Crippen MR) is 79.2 cm³/mol. The largest absolute Gasteiger partial charge is 0.296 e.